The van der Waals surface area contributed by atoms with E-state index in [2.05, 4.69) is 10.2 Å². The van der Waals surface area contributed by atoms with Crippen LogP contribution in [0.25, 0.3) is 0 Å². The van der Waals surface area contributed by atoms with Crippen LogP contribution in [0.4, 0.5) is 0 Å². The maximum Gasteiger partial charge on any atom is 0.307 e. The molecule has 0 aromatic heterocycles. The molecule has 0 spiro atoms. The molecule has 0 aromatic rings. The first-order chi connectivity index (χ1) is 10.1. The second-order valence-electron chi connectivity index (χ2n) is 6.67. The topological polar surface area (TPSA) is 69.6 Å². The lowest BCUT2D eigenvalue weighted by Gasteiger charge is -2.26. The lowest BCUT2D eigenvalue weighted by Crippen LogP contribution is -2.37. The number of piperidine rings is 1. The molecule has 120 valence electrons. The zero-order chi connectivity index (χ0) is 15.2. The molecule has 2 rings (SSSR count). The van der Waals surface area contributed by atoms with Crippen molar-refractivity contribution in [3.63, 3.8) is 0 Å². The van der Waals surface area contributed by atoms with Gasteiger partial charge in [-0.1, -0.05) is 13.3 Å². The third-order valence-corrected chi connectivity index (χ3v) is 4.85. The quantitative estimate of drug-likeness (QED) is 0.732. The van der Waals surface area contributed by atoms with Gasteiger partial charge in [0, 0.05) is 6.54 Å². The van der Waals surface area contributed by atoms with Gasteiger partial charge in [-0.2, -0.15) is 0 Å². The molecule has 2 fully saturated rings. The minimum absolute atomic E-state index is 0.0644. The van der Waals surface area contributed by atoms with Crippen LogP contribution in [0.3, 0.4) is 0 Å². The van der Waals surface area contributed by atoms with Crippen LogP contribution in [0.15, 0.2) is 0 Å². The molecule has 1 amide bonds. The average molecular weight is 296 g/mol. The summed E-state index contributed by atoms with van der Waals surface area (Å²) in [7, 11) is 0. The molecule has 1 saturated heterocycles. The van der Waals surface area contributed by atoms with Gasteiger partial charge >= 0.3 is 5.97 Å². The molecule has 1 aliphatic heterocycles. The Morgan fingerprint density at radius 1 is 1.14 bits per heavy atom. The van der Waals surface area contributed by atoms with Crippen molar-refractivity contribution in [2.45, 2.75) is 45.4 Å². The highest BCUT2D eigenvalue weighted by Crippen LogP contribution is 2.36. The molecular formula is C16H28N2O3. The van der Waals surface area contributed by atoms with Crippen LogP contribution in [0.5, 0.6) is 0 Å². The zero-order valence-electron chi connectivity index (χ0n) is 13.0. The van der Waals surface area contributed by atoms with E-state index in [1.807, 2.05) is 6.92 Å². The summed E-state index contributed by atoms with van der Waals surface area (Å²) in [5, 5.41) is 12.1. The predicted molar refractivity (Wildman–Crippen MR) is 80.9 cm³/mol. The van der Waals surface area contributed by atoms with Crippen LogP contribution in [0.1, 0.15) is 45.4 Å². The zero-order valence-corrected chi connectivity index (χ0v) is 13.0. The summed E-state index contributed by atoms with van der Waals surface area (Å²) in [6.45, 7) is 6.07. The molecule has 1 heterocycles. The Labute approximate surface area is 127 Å². The van der Waals surface area contributed by atoms with Crippen molar-refractivity contribution < 1.29 is 14.7 Å². The number of aliphatic carboxylic acids is 1. The van der Waals surface area contributed by atoms with E-state index in [-0.39, 0.29) is 11.8 Å². The first-order valence-corrected chi connectivity index (χ1v) is 8.31. The van der Waals surface area contributed by atoms with Crippen molar-refractivity contribution in [1.29, 1.82) is 0 Å². The highest BCUT2D eigenvalue weighted by molar-refractivity contribution is 5.85. The van der Waals surface area contributed by atoms with E-state index in [0.717, 1.165) is 13.0 Å². The molecule has 0 aromatic carbocycles. The van der Waals surface area contributed by atoms with Gasteiger partial charge in [-0.15, -0.1) is 0 Å². The SMILES string of the molecule is CC1CC(C(=O)O)C(C(=O)NCCCN2CCCCC2)C1. The normalized spacial score (nSPS) is 30.2. The fraction of sp³-hybridized carbons (Fsp3) is 0.875. The van der Waals surface area contributed by atoms with E-state index in [0.29, 0.717) is 25.3 Å². The fourth-order valence-corrected chi connectivity index (χ4v) is 3.68. The van der Waals surface area contributed by atoms with Crippen molar-refractivity contribution in [1.82, 2.24) is 10.2 Å². The van der Waals surface area contributed by atoms with Crippen LogP contribution in [0, 0.1) is 17.8 Å². The van der Waals surface area contributed by atoms with E-state index < -0.39 is 11.9 Å². The molecule has 3 atom stereocenters. The van der Waals surface area contributed by atoms with E-state index in [9.17, 15) is 14.7 Å². The number of likely N-dealkylation sites (tertiary alicyclic amines) is 1. The summed E-state index contributed by atoms with van der Waals surface area (Å²) in [5.41, 5.74) is 0. The number of rotatable bonds is 6. The number of carbonyl (C=O) groups is 2. The number of carbonyl (C=O) groups excluding carboxylic acids is 1. The van der Waals surface area contributed by atoms with Gasteiger partial charge in [0.25, 0.3) is 0 Å². The molecule has 21 heavy (non-hydrogen) atoms. The number of carboxylic acids is 1. The van der Waals surface area contributed by atoms with E-state index >= 15 is 0 Å². The predicted octanol–water partition coefficient (Wildman–Crippen LogP) is 1.73. The fourth-order valence-electron chi connectivity index (χ4n) is 3.68. The standard InChI is InChI=1S/C16H28N2O3/c1-12-10-13(14(11-12)16(20)21)15(19)17-6-5-9-18-7-3-2-4-8-18/h12-14H,2-11H2,1H3,(H,17,19)(H,20,21). The Morgan fingerprint density at radius 2 is 1.81 bits per heavy atom. The summed E-state index contributed by atoms with van der Waals surface area (Å²) in [4.78, 5) is 25.8. The van der Waals surface area contributed by atoms with Gasteiger partial charge in [0.1, 0.15) is 0 Å². The van der Waals surface area contributed by atoms with Crippen molar-refractivity contribution in [2.75, 3.05) is 26.2 Å². The maximum absolute atomic E-state index is 12.2. The third kappa shape index (κ3) is 4.70. The smallest absolute Gasteiger partial charge is 0.307 e. The summed E-state index contributed by atoms with van der Waals surface area (Å²) in [6, 6.07) is 0. The molecule has 2 N–H and O–H groups in total. The highest BCUT2D eigenvalue weighted by Gasteiger charge is 2.40. The van der Waals surface area contributed by atoms with Crippen LogP contribution < -0.4 is 5.32 Å². The van der Waals surface area contributed by atoms with Crippen molar-refractivity contribution in [3.8, 4) is 0 Å². The van der Waals surface area contributed by atoms with Gasteiger partial charge in [-0.3, -0.25) is 9.59 Å². The Balaban J connectivity index is 1.67. The Kier molecular flexibility index (Phi) is 6.03. The molecule has 0 radical (unpaired) electrons. The first kappa shape index (κ1) is 16.3. The minimum atomic E-state index is -0.826. The molecule has 3 unspecified atom stereocenters. The third-order valence-electron chi connectivity index (χ3n) is 4.85. The van der Waals surface area contributed by atoms with Gasteiger partial charge in [0.15, 0.2) is 0 Å². The van der Waals surface area contributed by atoms with Crippen molar-refractivity contribution >= 4 is 11.9 Å². The Hall–Kier alpha value is -1.10. The number of nitrogens with zero attached hydrogens (tertiary/aromatic N) is 1. The lowest BCUT2D eigenvalue weighted by atomic mass is 9.95. The number of hydrogen-bond donors (Lipinski definition) is 2. The maximum atomic E-state index is 12.2. The largest absolute Gasteiger partial charge is 0.481 e. The molecule has 5 heteroatoms. The molecule has 2 aliphatic rings. The average Bonchev–Trinajstić information content (AvgIpc) is 2.87. The Morgan fingerprint density at radius 3 is 2.48 bits per heavy atom. The number of carboxylic acid groups (broad SMARTS) is 1. The van der Waals surface area contributed by atoms with Crippen molar-refractivity contribution in [2.24, 2.45) is 17.8 Å². The van der Waals surface area contributed by atoms with Gasteiger partial charge in [-0.05, 0) is 57.7 Å². The van der Waals surface area contributed by atoms with E-state index in [1.54, 1.807) is 0 Å². The van der Waals surface area contributed by atoms with Crippen LogP contribution in [-0.2, 0) is 9.59 Å². The molecule has 0 bridgehead atoms. The highest BCUT2D eigenvalue weighted by atomic mass is 16.4. The van der Waals surface area contributed by atoms with Crippen LogP contribution >= 0.6 is 0 Å². The summed E-state index contributed by atoms with van der Waals surface area (Å²) in [5.74, 6) is -1.40. The number of nitrogens with one attached hydrogen (secondary N) is 1. The van der Waals surface area contributed by atoms with Crippen LogP contribution in [0.2, 0.25) is 0 Å². The second-order valence-corrected chi connectivity index (χ2v) is 6.67. The molecule has 1 saturated carbocycles. The van der Waals surface area contributed by atoms with E-state index in [1.165, 1.54) is 32.4 Å². The summed E-state index contributed by atoms with van der Waals surface area (Å²) < 4.78 is 0. The first-order valence-electron chi connectivity index (χ1n) is 8.31. The molecule has 5 nitrogen and oxygen atoms in total. The summed E-state index contributed by atoms with van der Waals surface area (Å²) in [6.07, 6.45) is 6.19. The van der Waals surface area contributed by atoms with Gasteiger partial charge in [-0.25, -0.2) is 0 Å². The van der Waals surface area contributed by atoms with Gasteiger partial charge in [0.05, 0.1) is 11.8 Å². The van der Waals surface area contributed by atoms with Crippen LogP contribution in [-0.4, -0.2) is 48.1 Å². The van der Waals surface area contributed by atoms with E-state index in [4.69, 9.17) is 0 Å². The monoisotopic (exact) mass is 296 g/mol. The number of hydrogen-bond acceptors (Lipinski definition) is 3. The summed E-state index contributed by atoms with van der Waals surface area (Å²) >= 11 is 0. The van der Waals surface area contributed by atoms with Gasteiger partial charge in [0.2, 0.25) is 5.91 Å². The second kappa shape index (κ2) is 7.78. The molecule has 1 aliphatic carbocycles. The van der Waals surface area contributed by atoms with Gasteiger partial charge < -0.3 is 15.3 Å². The lowest BCUT2D eigenvalue weighted by molar-refractivity contribution is -0.146. The number of amides is 1. The van der Waals surface area contributed by atoms with Crippen molar-refractivity contribution in [3.05, 3.63) is 0 Å². The minimum Gasteiger partial charge on any atom is -0.481 e. The molecular weight excluding hydrogens is 268 g/mol. The Bertz CT molecular complexity index is 367.